The first-order valence-corrected chi connectivity index (χ1v) is 13.4. The van der Waals surface area contributed by atoms with Crippen LogP contribution >= 0.6 is 11.9 Å². The first-order valence-electron chi connectivity index (χ1n) is 12.5. The summed E-state index contributed by atoms with van der Waals surface area (Å²) in [7, 11) is 1.80. The van der Waals surface area contributed by atoms with Gasteiger partial charge in [-0.25, -0.2) is 0 Å². The Balaban J connectivity index is 1.58. The summed E-state index contributed by atoms with van der Waals surface area (Å²) in [6.07, 6.45) is 1.29. The van der Waals surface area contributed by atoms with Gasteiger partial charge in [-0.15, -0.1) is 0 Å². The van der Waals surface area contributed by atoms with Gasteiger partial charge < -0.3 is 19.9 Å². The summed E-state index contributed by atoms with van der Waals surface area (Å²) in [5, 5.41) is 16.3. The number of rotatable bonds is 9. The lowest BCUT2D eigenvalue weighted by Gasteiger charge is -2.24. The predicted molar refractivity (Wildman–Crippen MR) is 146 cm³/mol. The van der Waals surface area contributed by atoms with Crippen LogP contribution in [0.25, 0.3) is 10.9 Å². The van der Waals surface area contributed by atoms with Crippen molar-refractivity contribution < 1.29 is 17.9 Å². The van der Waals surface area contributed by atoms with E-state index in [1.54, 1.807) is 31.3 Å². The molecule has 0 bridgehead atoms. The van der Waals surface area contributed by atoms with E-state index >= 15 is 0 Å². The third kappa shape index (κ3) is 7.31. The second-order valence-corrected chi connectivity index (χ2v) is 10.1. The Bertz CT molecular complexity index is 1350. The molecule has 1 aliphatic rings. The van der Waals surface area contributed by atoms with Gasteiger partial charge in [0, 0.05) is 22.0 Å². The van der Waals surface area contributed by atoms with Crippen LogP contribution in [0.3, 0.4) is 0 Å². The minimum Gasteiger partial charge on any atom is -0.477 e. The number of nitriles is 1. The van der Waals surface area contributed by atoms with Crippen LogP contribution in [0.2, 0.25) is 0 Å². The Kier molecular flexibility index (Phi) is 9.33. The van der Waals surface area contributed by atoms with Crippen LogP contribution in [0.1, 0.15) is 37.8 Å². The van der Waals surface area contributed by atoms with Crippen LogP contribution in [0.5, 0.6) is 5.75 Å². The fraction of sp³-hybridized carbons (Fsp3) is 0.393. The van der Waals surface area contributed by atoms with E-state index in [0.29, 0.717) is 28.7 Å². The van der Waals surface area contributed by atoms with Gasteiger partial charge in [0.05, 0.1) is 23.4 Å². The van der Waals surface area contributed by atoms with Crippen LogP contribution in [-0.4, -0.2) is 37.0 Å². The molecule has 200 valence electrons. The molecule has 3 N–H and O–H groups in total. The smallest absolute Gasteiger partial charge is 0.406 e. The van der Waals surface area contributed by atoms with E-state index < -0.39 is 12.7 Å². The van der Waals surface area contributed by atoms with Crippen molar-refractivity contribution in [3.05, 3.63) is 48.2 Å². The minimum absolute atomic E-state index is 0.108. The molecule has 0 aliphatic heterocycles. The average molecular weight is 542 g/mol. The number of anilines is 2. The zero-order valence-electron chi connectivity index (χ0n) is 21.1. The monoisotopic (exact) mass is 541 g/mol. The van der Waals surface area contributed by atoms with E-state index in [1.807, 2.05) is 24.3 Å². The van der Waals surface area contributed by atoms with Crippen molar-refractivity contribution in [3.63, 3.8) is 0 Å². The second kappa shape index (κ2) is 12.9. The summed E-state index contributed by atoms with van der Waals surface area (Å²) in [6, 6.07) is 14.9. The van der Waals surface area contributed by atoms with Gasteiger partial charge in [0.2, 0.25) is 0 Å². The van der Waals surface area contributed by atoms with E-state index in [9.17, 15) is 13.2 Å². The van der Waals surface area contributed by atoms with Crippen LogP contribution in [0.15, 0.2) is 47.4 Å². The number of alkyl halides is 3. The van der Waals surface area contributed by atoms with Crippen molar-refractivity contribution in [1.29, 1.82) is 5.26 Å². The van der Waals surface area contributed by atoms with Crippen LogP contribution in [0, 0.1) is 23.2 Å². The first kappa shape index (κ1) is 27.6. The maximum absolute atomic E-state index is 13.5. The Morgan fingerprint density at radius 2 is 1.92 bits per heavy atom. The molecule has 4 rings (SSSR count). The molecule has 3 aromatic rings. The Hall–Kier alpha value is -3.47. The SMILES string of the molecule is CNSc1ccc(NCC#Cc2cc3c(NC4CCCCC4)cccc3n2CC(F)(F)F)c(OCC#N)c1. The largest absolute Gasteiger partial charge is 0.477 e. The third-order valence-corrected chi connectivity index (χ3v) is 6.99. The van der Waals surface area contributed by atoms with Crippen molar-refractivity contribution >= 4 is 34.2 Å². The maximum atomic E-state index is 13.5. The van der Waals surface area contributed by atoms with Crippen molar-refractivity contribution in [2.75, 3.05) is 30.8 Å². The van der Waals surface area contributed by atoms with Gasteiger partial charge in [0.25, 0.3) is 0 Å². The predicted octanol–water partition coefficient (Wildman–Crippen LogP) is 6.54. The van der Waals surface area contributed by atoms with Gasteiger partial charge in [0.15, 0.2) is 6.61 Å². The standard InChI is InChI=1S/C28H30F3N5OS/c1-33-38-22-12-13-25(27(18-22)37-16-14-32)34-15-6-9-21-17-23-24(35-20-7-3-2-4-8-20)10-5-11-26(23)36(21)19-28(29,30)31/h5,10-13,17-18,20,33-35H,2-4,7-8,15-16,19H2,1H3. The molecular formula is C28H30F3N5OS. The molecule has 0 amide bonds. The molecule has 1 aliphatic carbocycles. The number of ether oxygens (including phenoxy) is 1. The molecule has 0 unspecified atom stereocenters. The first-order chi connectivity index (χ1) is 18.4. The molecule has 1 fully saturated rings. The maximum Gasteiger partial charge on any atom is 0.406 e. The number of hydrogen-bond acceptors (Lipinski definition) is 6. The van der Waals surface area contributed by atoms with Crippen molar-refractivity contribution in [2.45, 2.75) is 55.8 Å². The molecule has 10 heteroatoms. The van der Waals surface area contributed by atoms with Crippen molar-refractivity contribution in [2.24, 2.45) is 0 Å². The lowest BCUT2D eigenvalue weighted by Crippen LogP contribution is -2.22. The molecule has 1 heterocycles. The second-order valence-electron chi connectivity index (χ2n) is 9.01. The molecule has 2 aromatic carbocycles. The number of aromatic nitrogens is 1. The topological polar surface area (TPSA) is 74.0 Å². The molecule has 6 nitrogen and oxygen atoms in total. The van der Waals surface area contributed by atoms with Gasteiger partial charge in [-0.2, -0.15) is 18.4 Å². The summed E-state index contributed by atoms with van der Waals surface area (Å²) in [6.45, 7) is -1.04. The molecule has 1 aromatic heterocycles. The quantitative estimate of drug-likeness (QED) is 0.211. The highest BCUT2D eigenvalue weighted by Gasteiger charge is 2.30. The number of fused-ring (bicyclic) bond motifs is 1. The number of nitrogens with zero attached hydrogens (tertiary/aromatic N) is 2. The van der Waals surface area contributed by atoms with Gasteiger partial charge in [-0.05, 0) is 74.2 Å². The van der Waals surface area contributed by atoms with E-state index in [1.165, 1.54) is 22.9 Å². The highest BCUT2D eigenvalue weighted by Crippen LogP contribution is 2.32. The van der Waals surface area contributed by atoms with Crippen LogP contribution in [0.4, 0.5) is 24.5 Å². The number of nitrogens with one attached hydrogen (secondary N) is 3. The summed E-state index contributed by atoms with van der Waals surface area (Å²) >= 11 is 1.41. The molecule has 38 heavy (non-hydrogen) atoms. The fourth-order valence-electron chi connectivity index (χ4n) is 4.66. The lowest BCUT2D eigenvalue weighted by molar-refractivity contribution is -0.140. The summed E-state index contributed by atoms with van der Waals surface area (Å²) < 4.78 is 50.3. The van der Waals surface area contributed by atoms with E-state index in [4.69, 9.17) is 10.00 Å². The van der Waals surface area contributed by atoms with Gasteiger partial charge in [-0.3, -0.25) is 4.72 Å². The van der Waals surface area contributed by atoms with Gasteiger partial charge >= 0.3 is 6.18 Å². The van der Waals surface area contributed by atoms with Gasteiger partial charge in [0.1, 0.15) is 18.4 Å². The zero-order valence-corrected chi connectivity index (χ0v) is 21.9. The molecule has 0 spiro atoms. The van der Waals surface area contributed by atoms with E-state index in [0.717, 1.165) is 41.7 Å². The number of benzene rings is 2. The zero-order chi connectivity index (χ0) is 27.0. The van der Waals surface area contributed by atoms with E-state index in [-0.39, 0.29) is 13.2 Å². The molecule has 0 radical (unpaired) electrons. The normalized spacial score (nSPS) is 14.0. The Labute approximate surface area is 225 Å². The molecule has 0 saturated heterocycles. The Morgan fingerprint density at radius 1 is 1.11 bits per heavy atom. The van der Waals surface area contributed by atoms with Crippen molar-refractivity contribution in [3.8, 4) is 23.7 Å². The molecule has 1 saturated carbocycles. The third-order valence-electron chi connectivity index (χ3n) is 6.30. The highest BCUT2D eigenvalue weighted by molar-refractivity contribution is 7.97. The van der Waals surface area contributed by atoms with Crippen LogP contribution < -0.4 is 20.1 Å². The summed E-state index contributed by atoms with van der Waals surface area (Å²) in [5.41, 5.74) is 2.30. The number of halogens is 3. The Morgan fingerprint density at radius 3 is 2.66 bits per heavy atom. The van der Waals surface area contributed by atoms with Gasteiger partial charge in [-0.1, -0.05) is 31.2 Å². The molecule has 0 atom stereocenters. The lowest BCUT2D eigenvalue weighted by atomic mass is 9.95. The summed E-state index contributed by atoms with van der Waals surface area (Å²) in [4.78, 5) is 0.909. The van der Waals surface area contributed by atoms with E-state index in [2.05, 4.69) is 27.2 Å². The fourth-order valence-corrected chi connectivity index (χ4v) is 5.20. The van der Waals surface area contributed by atoms with Crippen LogP contribution in [-0.2, 0) is 6.54 Å². The minimum atomic E-state index is -4.38. The number of hydrogen-bond donors (Lipinski definition) is 3. The molecular weight excluding hydrogens is 511 g/mol. The summed E-state index contributed by atoms with van der Waals surface area (Å²) in [5.74, 6) is 6.39. The van der Waals surface area contributed by atoms with Crippen molar-refractivity contribution in [1.82, 2.24) is 9.29 Å². The highest BCUT2D eigenvalue weighted by atomic mass is 32.2. The average Bonchev–Trinajstić information content (AvgIpc) is 3.23.